The van der Waals surface area contributed by atoms with Gasteiger partial charge in [0.15, 0.2) is 0 Å². The van der Waals surface area contributed by atoms with Gasteiger partial charge < -0.3 is 15.2 Å². The second-order valence-electron chi connectivity index (χ2n) is 3.33. The van der Waals surface area contributed by atoms with Crippen LogP contribution in [0.1, 0.15) is 23.2 Å². The van der Waals surface area contributed by atoms with Crippen LogP contribution < -0.4 is 5.73 Å². The molecule has 0 aromatic carbocycles. The standard InChI is InChI=1S/C9H15N3O2/c1-6-4-8(14-11-6)9(13)12(3)7(2)5-10/h4,7H,5,10H2,1-3H3. The van der Waals surface area contributed by atoms with Crippen molar-refractivity contribution in [3.05, 3.63) is 17.5 Å². The minimum atomic E-state index is -0.191. The first-order chi connectivity index (χ1) is 6.56. The first-order valence-electron chi connectivity index (χ1n) is 4.46. The molecule has 0 spiro atoms. The number of nitrogens with zero attached hydrogens (tertiary/aromatic N) is 2. The molecule has 0 saturated carbocycles. The average Bonchev–Trinajstić information content (AvgIpc) is 2.61. The lowest BCUT2D eigenvalue weighted by atomic mass is 10.2. The molecule has 0 saturated heterocycles. The predicted octanol–water partition coefficient (Wildman–Crippen LogP) is 0.402. The lowest BCUT2D eigenvalue weighted by Crippen LogP contribution is -2.39. The summed E-state index contributed by atoms with van der Waals surface area (Å²) in [5.74, 6) is 0.0638. The Balaban J connectivity index is 2.75. The van der Waals surface area contributed by atoms with E-state index in [9.17, 15) is 4.79 Å². The van der Waals surface area contributed by atoms with Crippen LogP contribution in [0.2, 0.25) is 0 Å². The van der Waals surface area contributed by atoms with Crippen LogP contribution in [0.15, 0.2) is 10.6 Å². The van der Waals surface area contributed by atoms with Gasteiger partial charge in [0.2, 0.25) is 5.76 Å². The third-order valence-electron chi connectivity index (χ3n) is 2.16. The van der Waals surface area contributed by atoms with Crippen LogP contribution in [0.3, 0.4) is 0 Å². The lowest BCUT2D eigenvalue weighted by Gasteiger charge is -2.21. The number of likely N-dealkylation sites (N-methyl/N-ethyl adjacent to an activating group) is 1. The second kappa shape index (κ2) is 4.23. The molecule has 1 aromatic heterocycles. The molecular formula is C9H15N3O2. The lowest BCUT2D eigenvalue weighted by molar-refractivity contribution is 0.0706. The van der Waals surface area contributed by atoms with Gasteiger partial charge in [0.25, 0.3) is 5.91 Å². The van der Waals surface area contributed by atoms with Crippen LogP contribution in [0, 0.1) is 6.92 Å². The molecule has 5 nitrogen and oxygen atoms in total. The van der Waals surface area contributed by atoms with Gasteiger partial charge in [0, 0.05) is 25.7 Å². The number of aryl methyl sites for hydroxylation is 1. The van der Waals surface area contributed by atoms with Crippen molar-refractivity contribution in [2.45, 2.75) is 19.9 Å². The van der Waals surface area contributed by atoms with Crippen molar-refractivity contribution < 1.29 is 9.32 Å². The maximum absolute atomic E-state index is 11.7. The number of carbonyl (C=O) groups is 1. The zero-order chi connectivity index (χ0) is 10.7. The van der Waals surface area contributed by atoms with E-state index in [2.05, 4.69) is 5.16 Å². The van der Waals surface area contributed by atoms with Crippen molar-refractivity contribution in [1.29, 1.82) is 0 Å². The fraction of sp³-hybridized carbons (Fsp3) is 0.556. The Morgan fingerprint density at radius 1 is 1.79 bits per heavy atom. The van der Waals surface area contributed by atoms with Gasteiger partial charge >= 0.3 is 0 Å². The topological polar surface area (TPSA) is 72.4 Å². The number of aromatic nitrogens is 1. The molecule has 0 bridgehead atoms. The van der Waals surface area contributed by atoms with E-state index in [4.69, 9.17) is 10.3 Å². The molecule has 1 aromatic rings. The Morgan fingerprint density at radius 3 is 2.86 bits per heavy atom. The number of carbonyl (C=O) groups excluding carboxylic acids is 1. The summed E-state index contributed by atoms with van der Waals surface area (Å²) in [5, 5.41) is 3.65. The highest BCUT2D eigenvalue weighted by atomic mass is 16.5. The fourth-order valence-electron chi connectivity index (χ4n) is 0.996. The SMILES string of the molecule is Cc1cc(C(=O)N(C)C(C)CN)on1. The summed E-state index contributed by atoms with van der Waals surface area (Å²) in [6, 6.07) is 1.61. The first kappa shape index (κ1) is 10.7. The molecule has 0 aliphatic carbocycles. The molecule has 78 valence electrons. The average molecular weight is 197 g/mol. The Kier molecular flexibility index (Phi) is 3.24. The number of amides is 1. The van der Waals surface area contributed by atoms with Crippen LogP contribution in [-0.4, -0.2) is 35.6 Å². The number of nitrogens with two attached hydrogens (primary N) is 1. The molecule has 0 fully saturated rings. The Morgan fingerprint density at radius 2 is 2.43 bits per heavy atom. The van der Waals surface area contributed by atoms with Gasteiger partial charge in [-0.2, -0.15) is 0 Å². The molecular weight excluding hydrogens is 182 g/mol. The Labute approximate surface area is 82.8 Å². The fourth-order valence-corrected chi connectivity index (χ4v) is 0.996. The molecule has 0 aliphatic rings. The molecule has 0 aliphatic heterocycles. The molecule has 1 rings (SSSR count). The first-order valence-corrected chi connectivity index (χ1v) is 4.46. The van der Waals surface area contributed by atoms with Crippen LogP contribution >= 0.6 is 0 Å². The van der Waals surface area contributed by atoms with E-state index in [0.29, 0.717) is 12.2 Å². The van der Waals surface area contributed by atoms with Gasteiger partial charge in [-0.1, -0.05) is 5.16 Å². The van der Waals surface area contributed by atoms with Gasteiger partial charge in [0.05, 0.1) is 5.69 Å². The highest BCUT2D eigenvalue weighted by Crippen LogP contribution is 2.07. The van der Waals surface area contributed by atoms with Crippen molar-refractivity contribution in [2.24, 2.45) is 5.73 Å². The smallest absolute Gasteiger partial charge is 0.292 e. The van der Waals surface area contributed by atoms with Crippen molar-refractivity contribution in [3.8, 4) is 0 Å². The van der Waals surface area contributed by atoms with Gasteiger partial charge in [0.1, 0.15) is 0 Å². The van der Waals surface area contributed by atoms with Crippen LogP contribution in [-0.2, 0) is 0 Å². The van der Waals surface area contributed by atoms with E-state index < -0.39 is 0 Å². The summed E-state index contributed by atoms with van der Waals surface area (Å²) in [6.45, 7) is 4.07. The summed E-state index contributed by atoms with van der Waals surface area (Å²) in [7, 11) is 1.69. The molecule has 5 heteroatoms. The molecule has 1 amide bonds. The summed E-state index contributed by atoms with van der Waals surface area (Å²) in [5.41, 5.74) is 6.15. The van der Waals surface area contributed by atoms with Gasteiger partial charge in [-0.3, -0.25) is 4.79 Å². The highest BCUT2D eigenvalue weighted by Gasteiger charge is 2.19. The van der Waals surface area contributed by atoms with Crippen molar-refractivity contribution >= 4 is 5.91 Å². The third kappa shape index (κ3) is 2.11. The molecule has 2 N–H and O–H groups in total. The number of rotatable bonds is 3. The molecule has 14 heavy (non-hydrogen) atoms. The van der Waals surface area contributed by atoms with E-state index >= 15 is 0 Å². The number of hydrogen-bond acceptors (Lipinski definition) is 4. The summed E-state index contributed by atoms with van der Waals surface area (Å²) < 4.78 is 4.86. The predicted molar refractivity (Wildman–Crippen MR) is 51.8 cm³/mol. The quantitative estimate of drug-likeness (QED) is 0.761. The van der Waals surface area contributed by atoms with Gasteiger partial charge in [-0.05, 0) is 13.8 Å². The zero-order valence-corrected chi connectivity index (χ0v) is 8.65. The highest BCUT2D eigenvalue weighted by molar-refractivity contribution is 5.91. The maximum Gasteiger partial charge on any atom is 0.292 e. The van der Waals surface area contributed by atoms with Gasteiger partial charge in [-0.25, -0.2) is 0 Å². The third-order valence-corrected chi connectivity index (χ3v) is 2.16. The minimum absolute atomic E-state index is 0.00657. The second-order valence-corrected chi connectivity index (χ2v) is 3.33. The summed E-state index contributed by atoms with van der Waals surface area (Å²) in [6.07, 6.45) is 0. The van der Waals surface area contributed by atoms with Crippen molar-refractivity contribution in [2.75, 3.05) is 13.6 Å². The van der Waals surface area contributed by atoms with Gasteiger partial charge in [-0.15, -0.1) is 0 Å². The van der Waals surface area contributed by atoms with E-state index in [1.807, 2.05) is 6.92 Å². The number of hydrogen-bond donors (Lipinski definition) is 1. The molecule has 1 atom stereocenters. The zero-order valence-electron chi connectivity index (χ0n) is 8.65. The monoisotopic (exact) mass is 197 g/mol. The molecule has 1 unspecified atom stereocenters. The summed E-state index contributed by atoms with van der Waals surface area (Å²) >= 11 is 0. The summed E-state index contributed by atoms with van der Waals surface area (Å²) in [4.78, 5) is 13.2. The molecule has 1 heterocycles. The Bertz CT molecular complexity index is 322. The maximum atomic E-state index is 11.7. The normalized spacial score (nSPS) is 12.6. The van der Waals surface area contributed by atoms with Crippen molar-refractivity contribution in [3.63, 3.8) is 0 Å². The van der Waals surface area contributed by atoms with E-state index in [1.165, 1.54) is 0 Å². The molecule has 0 radical (unpaired) electrons. The Hall–Kier alpha value is -1.36. The van der Waals surface area contributed by atoms with E-state index in [1.54, 1.807) is 24.9 Å². The largest absolute Gasteiger partial charge is 0.351 e. The van der Waals surface area contributed by atoms with Crippen LogP contribution in [0.4, 0.5) is 0 Å². The van der Waals surface area contributed by atoms with Crippen LogP contribution in [0.5, 0.6) is 0 Å². The van der Waals surface area contributed by atoms with Crippen LogP contribution in [0.25, 0.3) is 0 Å². The van der Waals surface area contributed by atoms with Crippen molar-refractivity contribution in [1.82, 2.24) is 10.1 Å². The minimum Gasteiger partial charge on any atom is -0.351 e. The van der Waals surface area contributed by atoms with E-state index in [-0.39, 0.29) is 17.7 Å². The van der Waals surface area contributed by atoms with E-state index in [0.717, 1.165) is 0 Å².